The number of fused-ring (bicyclic) bond motifs is 2. The maximum absolute atomic E-state index is 12.0. The number of H-pyrrole nitrogens is 1. The number of aromatic nitrogens is 2. The molecule has 1 N–H and O–H groups in total. The second-order valence-electron chi connectivity index (χ2n) is 6.77. The van der Waals surface area contributed by atoms with Crippen LogP contribution in [0.15, 0.2) is 35.4 Å². The number of nitrogens with one attached hydrogen (secondary N) is 1. The van der Waals surface area contributed by atoms with E-state index in [1.165, 1.54) is 11.9 Å². The van der Waals surface area contributed by atoms with Gasteiger partial charge in [-0.25, -0.2) is 4.98 Å². The van der Waals surface area contributed by atoms with Crippen LogP contribution in [0.2, 0.25) is 0 Å². The molecule has 0 saturated heterocycles. The first kappa shape index (κ1) is 15.4. The molecule has 0 aliphatic carbocycles. The Morgan fingerprint density at radius 1 is 1.25 bits per heavy atom. The van der Waals surface area contributed by atoms with Gasteiger partial charge in [-0.05, 0) is 36.8 Å². The van der Waals surface area contributed by atoms with Crippen molar-refractivity contribution in [3.63, 3.8) is 0 Å². The summed E-state index contributed by atoms with van der Waals surface area (Å²) in [5.74, 6) is 1.64. The number of hydrogen-bond acceptors (Lipinski definition) is 4. The van der Waals surface area contributed by atoms with E-state index in [2.05, 4.69) is 33.1 Å². The van der Waals surface area contributed by atoms with E-state index in [9.17, 15) is 4.79 Å². The molecular formula is C19H23N3O2. The van der Waals surface area contributed by atoms with E-state index in [4.69, 9.17) is 4.74 Å². The maximum atomic E-state index is 12.0. The summed E-state index contributed by atoms with van der Waals surface area (Å²) in [4.78, 5) is 21.5. The highest BCUT2D eigenvalue weighted by molar-refractivity contribution is 5.34. The Hall–Kier alpha value is -2.14. The molecule has 2 aromatic rings. The third-order valence-electron chi connectivity index (χ3n) is 5.16. The lowest BCUT2D eigenvalue weighted by Crippen LogP contribution is -2.33. The Morgan fingerprint density at radius 3 is 3.08 bits per heavy atom. The molecular weight excluding hydrogens is 302 g/mol. The van der Waals surface area contributed by atoms with Crippen LogP contribution in [0.1, 0.15) is 23.2 Å². The van der Waals surface area contributed by atoms with E-state index in [-0.39, 0.29) is 5.56 Å². The van der Waals surface area contributed by atoms with Crippen molar-refractivity contribution in [2.45, 2.75) is 25.7 Å². The molecule has 126 valence electrons. The number of ether oxygens (including phenoxy) is 1. The van der Waals surface area contributed by atoms with Crippen molar-refractivity contribution in [1.82, 2.24) is 14.9 Å². The van der Waals surface area contributed by atoms with Crippen molar-refractivity contribution in [2.24, 2.45) is 5.92 Å². The number of aromatic amines is 1. The Kier molecular flexibility index (Phi) is 4.34. The average molecular weight is 325 g/mol. The van der Waals surface area contributed by atoms with Crippen LogP contribution in [-0.2, 0) is 19.3 Å². The van der Waals surface area contributed by atoms with Crippen LogP contribution in [-0.4, -0.2) is 41.1 Å². The van der Waals surface area contributed by atoms with Crippen LogP contribution in [0, 0.1) is 5.92 Å². The van der Waals surface area contributed by atoms with Gasteiger partial charge in [-0.15, -0.1) is 0 Å². The Bertz CT molecular complexity index is 771. The summed E-state index contributed by atoms with van der Waals surface area (Å²) in [7, 11) is 0. The zero-order chi connectivity index (χ0) is 16.4. The molecule has 2 aliphatic heterocycles. The number of hydrogen-bond donors (Lipinski definition) is 1. The van der Waals surface area contributed by atoms with Gasteiger partial charge in [0.15, 0.2) is 0 Å². The first-order valence-electron chi connectivity index (χ1n) is 8.78. The van der Waals surface area contributed by atoms with Crippen LogP contribution in [0.5, 0.6) is 5.75 Å². The van der Waals surface area contributed by atoms with Crippen molar-refractivity contribution >= 4 is 0 Å². The molecule has 0 amide bonds. The first-order valence-corrected chi connectivity index (χ1v) is 8.78. The van der Waals surface area contributed by atoms with Crippen molar-refractivity contribution in [1.29, 1.82) is 0 Å². The van der Waals surface area contributed by atoms with Crippen LogP contribution in [0.3, 0.4) is 0 Å². The van der Waals surface area contributed by atoms with Gasteiger partial charge in [0.05, 0.1) is 18.6 Å². The van der Waals surface area contributed by atoms with E-state index >= 15 is 0 Å². The van der Waals surface area contributed by atoms with Crippen LogP contribution in [0.4, 0.5) is 0 Å². The van der Waals surface area contributed by atoms with Gasteiger partial charge in [0.1, 0.15) is 5.75 Å². The van der Waals surface area contributed by atoms with Crippen molar-refractivity contribution in [3.8, 4) is 5.75 Å². The van der Waals surface area contributed by atoms with Gasteiger partial charge in [-0.3, -0.25) is 4.79 Å². The predicted molar refractivity (Wildman–Crippen MR) is 92.5 cm³/mol. The van der Waals surface area contributed by atoms with Gasteiger partial charge in [-0.2, -0.15) is 0 Å². The predicted octanol–water partition coefficient (Wildman–Crippen LogP) is 1.81. The highest BCUT2D eigenvalue weighted by atomic mass is 16.5. The fraction of sp³-hybridized carbons (Fsp3) is 0.474. The summed E-state index contributed by atoms with van der Waals surface area (Å²) in [5, 5.41) is 0. The molecule has 0 saturated carbocycles. The molecule has 1 unspecified atom stereocenters. The fourth-order valence-electron chi connectivity index (χ4n) is 3.85. The monoisotopic (exact) mass is 325 g/mol. The molecule has 3 heterocycles. The standard InChI is InChI=1S/C19H23N3O2/c23-19-16-5-8-22(9-6-17(16)20-13-21-19)12-14-7-10-24-18-4-2-1-3-15(18)11-14/h1-4,13-14H,5-12H2,(H,20,21,23). The molecule has 2 aliphatic rings. The molecule has 4 rings (SSSR count). The summed E-state index contributed by atoms with van der Waals surface area (Å²) in [6.45, 7) is 3.75. The van der Waals surface area contributed by atoms with Crippen LogP contribution >= 0.6 is 0 Å². The summed E-state index contributed by atoms with van der Waals surface area (Å²) >= 11 is 0. The summed E-state index contributed by atoms with van der Waals surface area (Å²) in [6, 6.07) is 8.37. The van der Waals surface area contributed by atoms with E-state index < -0.39 is 0 Å². The third-order valence-corrected chi connectivity index (χ3v) is 5.16. The second kappa shape index (κ2) is 6.77. The molecule has 0 spiro atoms. The highest BCUT2D eigenvalue weighted by Crippen LogP contribution is 2.27. The lowest BCUT2D eigenvalue weighted by Gasteiger charge is -2.25. The van der Waals surface area contributed by atoms with Crippen molar-refractivity contribution in [3.05, 3.63) is 57.8 Å². The van der Waals surface area contributed by atoms with Gasteiger partial charge in [-0.1, -0.05) is 18.2 Å². The van der Waals surface area contributed by atoms with Crippen molar-refractivity contribution in [2.75, 3.05) is 26.2 Å². The van der Waals surface area contributed by atoms with Crippen molar-refractivity contribution < 1.29 is 4.74 Å². The van der Waals surface area contributed by atoms with E-state index in [0.29, 0.717) is 5.92 Å². The minimum absolute atomic E-state index is 0.0265. The number of rotatable bonds is 2. The average Bonchev–Trinajstić information content (AvgIpc) is 2.92. The maximum Gasteiger partial charge on any atom is 0.254 e. The fourth-order valence-corrected chi connectivity index (χ4v) is 3.85. The van der Waals surface area contributed by atoms with E-state index in [1.54, 1.807) is 0 Å². The minimum atomic E-state index is 0.0265. The quantitative estimate of drug-likeness (QED) is 0.915. The Morgan fingerprint density at radius 2 is 2.12 bits per heavy atom. The molecule has 0 radical (unpaired) electrons. The summed E-state index contributed by atoms with van der Waals surface area (Å²) < 4.78 is 5.88. The highest BCUT2D eigenvalue weighted by Gasteiger charge is 2.22. The zero-order valence-electron chi connectivity index (χ0n) is 13.8. The van der Waals surface area contributed by atoms with Gasteiger partial charge in [0, 0.05) is 31.6 Å². The molecule has 0 bridgehead atoms. The lowest BCUT2D eigenvalue weighted by molar-refractivity contribution is 0.216. The van der Waals surface area contributed by atoms with Gasteiger partial charge in [0.2, 0.25) is 0 Å². The molecule has 1 aromatic heterocycles. The molecule has 5 heteroatoms. The van der Waals surface area contributed by atoms with Gasteiger partial charge in [0.25, 0.3) is 5.56 Å². The van der Waals surface area contributed by atoms with Gasteiger partial charge >= 0.3 is 0 Å². The Balaban J connectivity index is 1.43. The second-order valence-corrected chi connectivity index (χ2v) is 6.77. The largest absolute Gasteiger partial charge is 0.493 e. The van der Waals surface area contributed by atoms with E-state index in [1.807, 2.05) is 6.07 Å². The molecule has 24 heavy (non-hydrogen) atoms. The summed E-state index contributed by atoms with van der Waals surface area (Å²) in [5.41, 5.74) is 3.18. The smallest absolute Gasteiger partial charge is 0.254 e. The van der Waals surface area contributed by atoms with Crippen LogP contribution < -0.4 is 10.3 Å². The zero-order valence-corrected chi connectivity index (χ0v) is 13.8. The molecule has 0 fully saturated rings. The topological polar surface area (TPSA) is 58.2 Å². The third kappa shape index (κ3) is 3.22. The minimum Gasteiger partial charge on any atom is -0.493 e. The van der Waals surface area contributed by atoms with Gasteiger partial charge < -0.3 is 14.6 Å². The normalized spacial score (nSPS) is 21.1. The first-order chi connectivity index (χ1) is 11.8. The number of para-hydroxylation sites is 1. The lowest BCUT2D eigenvalue weighted by atomic mass is 9.96. The Labute approximate surface area is 141 Å². The SMILES string of the molecule is O=c1[nH]cnc2c1CCN(CC1CCOc3ccccc3C1)CC2. The number of benzene rings is 1. The molecule has 1 aromatic carbocycles. The van der Waals surface area contributed by atoms with E-state index in [0.717, 1.165) is 68.9 Å². The molecule has 5 nitrogen and oxygen atoms in total. The number of nitrogens with zero attached hydrogens (tertiary/aromatic N) is 2. The van der Waals surface area contributed by atoms with Crippen LogP contribution in [0.25, 0.3) is 0 Å². The molecule has 1 atom stereocenters. The summed E-state index contributed by atoms with van der Waals surface area (Å²) in [6.07, 6.45) is 5.32.